The molecule has 2 aromatic carbocycles. The Morgan fingerprint density at radius 1 is 1.11 bits per heavy atom. The molecule has 8 nitrogen and oxygen atoms in total. The Bertz CT molecular complexity index is 1360. The van der Waals surface area contributed by atoms with Crippen molar-refractivity contribution in [3.8, 4) is 17.1 Å². The lowest BCUT2D eigenvalue weighted by molar-refractivity contribution is 0.183. The summed E-state index contributed by atoms with van der Waals surface area (Å²) in [5, 5.41) is 7.63. The molecule has 2 N–H and O–H groups in total. The predicted octanol–water partition coefficient (Wildman–Crippen LogP) is 5.40. The molecule has 3 heterocycles. The van der Waals surface area contributed by atoms with E-state index in [1.807, 2.05) is 64.9 Å². The van der Waals surface area contributed by atoms with E-state index in [9.17, 15) is 4.79 Å². The molecule has 1 fully saturated rings. The summed E-state index contributed by atoms with van der Waals surface area (Å²) in [6.07, 6.45) is 3.36. The molecule has 0 radical (unpaired) electrons. The molecule has 1 saturated heterocycles. The van der Waals surface area contributed by atoms with Crippen LogP contribution in [0.15, 0.2) is 54.9 Å². The quantitative estimate of drug-likeness (QED) is 0.376. The minimum atomic E-state index is -0.0418. The lowest BCUT2D eigenvalue weighted by atomic mass is 10.1. The Morgan fingerprint density at radius 2 is 1.91 bits per heavy atom. The van der Waals surface area contributed by atoms with Gasteiger partial charge in [0.15, 0.2) is 17.0 Å². The number of halogens is 2. The number of imidazole rings is 1. The average molecular weight is 510 g/mol. The van der Waals surface area contributed by atoms with Crippen LogP contribution in [0.4, 0.5) is 10.6 Å². The summed E-state index contributed by atoms with van der Waals surface area (Å²) in [6.45, 7) is 3.85. The lowest BCUT2D eigenvalue weighted by Gasteiger charge is -2.33. The van der Waals surface area contributed by atoms with Gasteiger partial charge in [-0.25, -0.2) is 19.7 Å². The Kier molecular flexibility index (Phi) is 6.74. The number of hydrogen-bond acceptors (Lipinski definition) is 5. The van der Waals surface area contributed by atoms with Gasteiger partial charge in [0.25, 0.3) is 0 Å². The largest absolute Gasteiger partial charge is 0.364 e. The van der Waals surface area contributed by atoms with Gasteiger partial charge in [-0.05, 0) is 56.2 Å². The summed E-state index contributed by atoms with van der Waals surface area (Å²) in [7, 11) is 0. The Morgan fingerprint density at radius 3 is 2.69 bits per heavy atom. The Hall–Kier alpha value is -3.36. The molecule has 1 atom stereocenters. The van der Waals surface area contributed by atoms with E-state index in [0.717, 1.165) is 30.6 Å². The van der Waals surface area contributed by atoms with Gasteiger partial charge in [-0.15, -0.1) is 0 Å². The van der Waals surface area contributed by atoms with E-state index in [1.165, 1.54) is 6.33 Å². The van der Waals surface area contributed by atoms with Crippen LogP contribution in [0, 0.1) is 0 Å². The van der Waals surface area contributed by atoms with E-state index in [-0.39, 0.29) is 12.1 Å². The number of amides is 2. The number of aromatic nitrogens is 4. The first-order valence-corrected chi connectivity index (χ1v) is 12.3. The summed E-state index contributed by atoms with van der Waals surface area (Å²) in [4.78, 5) is 28.2. The number of piperidine rings is 1. The van der Waals surface area contributed by atoms with Crippen molar-refractivity contribution < 1.29 is 4.79 Å². The van der Waals surface area contributed by atoms with Gasteiger partial charge in [0, 0.05) is 41.9 Å². The van der Waals surface area contributed by atoms with Crippen molar-refractivity contribution >= 4 is 46.2 Å². The Labute approximate surface area is 213 Å². The van der Waals surface area contributed by atoms with Crippen molar-refractivity contribution in [2.45, 2.75) is 25.8 Å². The maximum absolute atomic E-state index is 12.3. The number of nitrogens with zero attached hydrogens (tertiary/aromatic N) is 5. The van der Waals surface area contributed by atoms with Gasteiger partial charge in [0.05, 0.1) is 5.02 Å². The highest BCUT2D eigenvalue weighted by Crippen LogP contribution is 2.34. The summed E-state index contributed by atoms with van der Waals surface area (Å²) >= 11 is 12.7. The van der Waals surface area contributed by atoms with E-state index in [1.54, 1.807) is 0 Å². The molecule has 2 amide bonds. The molecule has 2 aromatic heterocycles. The van der Waals surface area contributed by atoms with Crippen molar-refractivity contribution in [1.29, 1.82) is 0 Å². The molecular weight excluding hydrogens is 485 g/mol. The smallest absolute Gasteiger partial charge is 0.317 e. The van der Waals surface area contributed by atoms with Crippen molar-refractivity contribution in [2.24, 2.45) is 0 Å². The van der Waals surface area contributed by atoms with Gasteiger partial charge in [-0.2, -0.15) is 0 Å². The molecule has 0 spiro atoms. The van der Waals surface area contributed by atoms with Gasteiger partial charge in [-0.1, -0.05) is 35.3 Å². The second kappa shape index (κ2) is 10.1. The van der Waals surface area contributed by atoms with Gasteiger partial charge < -0.3 is 15.5 Å². The van der Waals surface area contributed by atoms with Crippen LogP contribution < -0.4 is 10.6 Å². The standard InChI is InChI=1S/C25H25Cl2N7O/c1-2-28-25(35)33-13-5-6-17(14-33)31-22-21-24(30-15-29-22)34(18-11-9-16(26)10-12-18)23(32-21)19-7-3-4-8-20(19)27/h3-4,7-12,15,17H,2,5-6,13-14H2,1H3,(H,28,35)(H,29,30,31)/t17-/m0/s1. The predicted molar refractivity (Wildman–Crippen MR) is 139 cm³/mol. The topological polar surface area (TPSA) is 88.0 Å². The molecule has 0 unspecified atom stereocenters. The van der Waals surface area contributed by atoms with E-state index >= 15 is 0 Å². The minimum absolute atomic E-state index is 0.0418. The van der Waals surface area contributed by atoms with Crippen LogP contribution in [0.5, 0.6) is 0 Å². The van der Waals surface area contributed by atoms with Crippen LogP contribution in [-0.2, 0) is 0 Å². The first-order valence-electron chi connectivity index (χ1n) is 11.6. The third-order valence-electron chi connectivity index (χ3n) is 6.02. The molecule has 0 saturated carbocycles. The number of likely N-dealkylation sites (tertiary alicyclic amines) is 1. The number of anilines is 1. The van der Waals surface area contributed by atoms with E-state index in [2.05, 4.69) is 20.6 Å². The summed E-state index contributed by atoms with van der Waals surface area (Å²) < 4.78 is 1.96. The lowest BCUT2D eigenvalue weighted by Crippen LogP contribution is -2.49. The monoisotopic (exact) mass is 509 g/mol. The van der Waals surface area contributed by atoms with Crippen LogP contribution in [0.2, 0.25) is 10.0 Å². The third-order valence-corrected chi connectivity index (χ3v) is 6.60. The molecule has 10 heteroatoms. The van der Waals surface area contributed by atoms with Crippen LogP contribution in [0.1, 0.15) is 19.8 Å². The van der Waals surface area contributed by atoms with Crippen LogP contribution in [0.25, 0.3) is 28.2 Å². The SMILES string of the molecule is CCNC(=O)N1CCC[C@H](Nc2ncnc3c2nc(-c2ccccc2Cl)n3-c2ccc(Cl)cc2)C1. The van der Waals surface area contributed by atoms with Crippen molar-refractivity contribution in [3.05, 3.63) is 64.9 Å². The van der Waals surface area contributed by atoms with Crippen molar-refractivity contribution in [3.63, 3.8) is 0 Å². The van der Waals surface area contributed by atoms with Gasteiger partial charge in [0.2, 0.25) is 0 Å². The summed E-state index contributed by atoms with van der Waals surface area (Å²) in [6, 6.07) is 15.1. The highest BCUT2D eigenvalue weighted by Gasteiger charge is 2.26. The maximum atomic E-state index is 12.3. The molecule has 0 aliphatic carbocycles. The van der Waals surface area contributed by atoms with Crippen LogP contribution in [-0.4, -0.2) is 56.1 Å². The molecule has 5 rings (SSSR count). The first kappa shape index (κ1) is 23.4. The van der Waals surface area contributed by atoms with Gasteiger partial charge in [0.1, 0.15) is 12.2 Å². The first-order chi connectivity index (χ1) is 17.0. The minimum Gasteiger partial charge on any atom is -0.364 e. The van der Waals surface area contributed by atoms with E-state index in [0.29, 0.717) is 45.9 Å². The fraction of sp³-hybridized carbons (Fsp3) is 0.280. The van der Waals surface area contributed by atoms with E-state index in [4.69, 9.17) is 28.2 Å². The molecule has 0 bridgehead atoms. The fourth-order valence-corrected chi connectivity index (χ4v) is 4.74. The number of fused-ring (bicyclic) bond motifs is 1. The molecule has 1 aliphatic heterocycles. The molecule has 180 valence electrons. The average Bonchev–Trinajstić information content (AvgIpc) is 3.25. The number of carbonyl (C=O) groups is 1. The number of rotatable bonds is 5. The number of urea groups is 1. The fourth-order valence-electron chi connectivity index (χ4n) is 4.39. The molecule has 4 aromatic rings. The van der Waals surface area contributed by atoms with Crippen molar-refractivity contribution in [2.75, 3.05) is 25.0 Å². The van der Waals surface area contributed by atoms with Crippen LogP contribution >= 0.6 is 23.2 Å². The zero-order chi connectivity index (χ0) is 24.4. The summed E-state index contributed by atoms with van der Waals surface area (Å²) in [5.41, 5.74) is 2.92. The zero-order valence-corrected chi connectivity index (χ0v) is 20.7. The van der Waals surface area contributed by atoms with Crippen LogP contribution in [0.3, 0.4) is 0 Å². The number of hydrogen-bond donors (Lipinski definition) is 2. The highest BCUT2D eigenvalue weighted by atomic mass is 35.5. The second-order valence-corrected chi connectivity index (χ2v) is 9.23. The Balaban J connectivity index is 1.57. The third kappa shape index (κ3) is 4.76. The maximum Gasteiger partial charge on any atom is 0.317 e. The zero-order valence-electron chi connectivity index (χ0n) is 19.2. The number of carbonyl (C=O) groups excluding carboxylic acids is 1. The number of benzene rings is 2. The van der Waals surface area contributed by atoms with Gasteiger partial charge >= 0.3 is 6.03 Å². The van der Waals surface area contributed by atoms with Crippen molar-refractivity contribution in [1.82, 2.24) is 29.7 Å². The van der Waals surface area contributed by atoms with Gasteiger partial charge in [-0.3, -0.25) is 4.57 Å². The molecule has 1 aliphatic rings. The molecule has 35 heavy (non-hydrogen) atoms. The normalized spacial score (nSPS) is 15.9. The highest BCUT2D eigenvalue weighted by molar-refractivity contribution is 6.33. The number of nitrogens with one attached hydrogen (secondary N) is 2. The summed E-state index contributed by atoms with van der Waals surface area (Å²) in [5.74, 6) is 1.28. The molecular formula is C25H25Cl2N7O. The second-order valence-electron chi connectivity index (χ2n) is 8.39. The van der Waals surface area contributed by atoms with E-state index < -0.39 is 0 Å².